The van der Waals surface area contributed by atoms with Gasteiger partial charge < -0.3 is 10.1 Å². The van der Waals surface area contributed by atoms with Crippen molar-refractivity contribution in [3.8, 4) is 5.75 Å². The van der Waals surface area contributed by atoms with E-state index >= 15 is 0 Å². The maximum atomic E-state index is 12.2. The first-order chi connectivity index (χ1) is 13.7. The van der Waals surface area contributed by atoms with Gasteiger partial charge in [-0.25, -0.2) is 13.1 Å². The zero-order chi connectivity index (χ0) is 21.4. The van der Waals surface area contributed by atoms with E-state index in [1.807, 2.05) is 44.2 Å². The van der Waals surface area contributed by atoms with Crippen molar-refractivity contribution >= 4 is 15.9 Å². The Morgan fingerprint density at radius 3 is 2.45 bits per heavy atom. The van der Waals surface area contributed by atoms with Gasteiger partial charge in [0.2, 0.25) is 15.9 Å². The van der Waals surface area contributed by atoms with Gasteiger partial charge in [0.15, 0.2) is 0 Å². The van der Waals surface area contributed by atoms with Crippen molar-refractivity contribution in [3.63, 3.8) is 0 Å². The van der Waals surface area contributed by atoms with Gasteiger partial charge in [0, 0.05) is 12.6 Å². The van der Waals surface area contributed by atoms with Crippen LogP contribution in [0.4, 0.5) is 0 Å². The minimum absolute atomic E-state index is 0.118. The molecule has 0 fully saturated rings. The highest BCUT2D eigenvalue weighted by Gasteiger charge is 2.15. The molecule has 6 nitrogen and oxygen atoms in total. The van der Waals surface area contributed by atoms with Crippen LogP contribution in [0.1, 0.15) is 42.5 Å². The third-order valence-corrected chi connectivity index (χ3v) is 5.81. The van der Waals surface area contributed by atoms with E-state index in [1.54, 1.807) is 26.0 Å². The van der Waals surface area contributed by atoms with E-state index in [4.69, 9.17) is 4.74 Å². The number of nitrogens with one attached hydrogen (secondary N) is 2. The number of hydrogen-bond donors (Lipinski definition) is 2. The summed E-state index contributed by atoms with van der Waals surface area (Å²) in [6, 6.07) is 13.0. The Labute approximate surface area is 173 Å². The molecule has 2 aromatic carbocycles. The van der Waals surface area contributed by atoms with Crippen LogP contribution in [0, 0.1) is 13.8 Å². The monoisotopic (exact) mass is 418 g/mol. The van der Waals surface area contributed by atoms with Gasteiger partial charge in [-0.3, -0.25) is 4.79 Å². The lowest BCUT2D eigenvalue weighted by Gasteiger charge is -2.14. The summed E-state index contributed by atoms with van der Waals surface area (Å²) in [6.45, 7) is 8.08. The topological polar surface area (TPSA) is 84.5 Å². The summed E-state index contributed by atoms with van der Waals surface area (Å²) in [7, 11) is -3.43. The molecule has 0 radical (unpaired) electrons. The highest BCUT2D eigenvalue weighted by molar-refractivity contribution is 7.88. The van der Waals surface area contributed by atoms with Gasteiger partial charge in [-0.15, -0.1) is 0 Å². The predicted molar refractivity (Wildman–Crippen MR) is 115 cm³/mol. The Bertz CT molecular complexity index is 940. The number of amides is 1. The third-order valence-electron chi connectivity index (χ3n) is 4.29. The second-order valence-electron chi connectivity index (χ2n) is 7.44. The lowest BCUT2D eigenvalue weighted by atomic mass is 10.1. The number of carbonyl (C=O) groups is 1. The highest BCUT2D eigenvalue weighted by Crippen LogP contribution is 2.19. The van der Waals surface area contributed by atoms with Gasteiger partial charge in [0.25, 0.3) is 0 Å². The van der Waals surface area contributed by atoms with E-state index in [1.165, 1.54) is 0 Å². The van der Waals surface area contributed by atoms with Crippen LogP contribution in [-0.2, 0) is 27.1 Å². The fourth-order valence-corrected chi connectivity index (χ4v) is 4.37. The highest BCUT2D eigenvalue weighted by atomic mass is 32.2. The fraction of sp³-hybridized carbons (Fsp3) is 0.409. The van der Waals surface area contributed by atoms with Crippen LogP contribution in [0.5, 0.6) is 5.75 Å². The Morgan fingerprint density at radius 1 is 1.07 bits per heavy atom. The Hall–Kier alpha value is -2.38. The van der Waals surface area contributed by atoms with Crippen molar-refractivity contribution < 1.29 is 17.9 Å². The first kappa shape index (κ1) is 22.9. The van der Waals surface area contributed by atoms with Crippen LogP contribution in [-0.4, -0.2) is 27.0 Å². The Balaban J connectivity index is 1.88. The second kappa shape index (κ2) is 10.4. The first-order valence-electron chi connectivity index (χ1n) is 9.70. The molecule has 0 unspecified atom stereocenters. The van der Waals surface area contributed by atoms with Gasteiger partial charge in [-0.05, 0) is 56.0 Å². The number of hydrogen-bond acceptors (Lipinski definition) is 4. The largest absolute Gasteiger partial charge is 0.493 e. The van der Waals surface area contributed by atoms with E-state index in [2.05, 4.69) is 10.0 Å². The maximum absolute atomic E-state index is 12.2. The zero-order valence-electron chi connectivity index (χ0n) is 17.5. The molecule has 0 aromatic heterocycles. The van der Waals surface area contributed by atoms with Gasteiger partial charge in [-0.2, -0.15) is 0 Å². The summed E-state index contributed by atoms with van der Waals surface area (Å²) in [4.78, 5) is 12.2. The molecule has 2 rings (SSSR count). The predicted octanol–water partition coefficient (Wildman–Crippen LogP) is 3.22. The molecule has 7 heteroatoms. The number of ether oxygens (including phenoxy) is 1. The number of benzene rings is 2. The van der Waals surface area contributed by atoms with Crippen molar-refractivity contribution in [2.24, 2.45) is 0 Å². The Kier molecular flexibility index (Phi) is 8.22. The molecule has 0 spiro atoms. The molecule has 0 saturated carbocycles. The van der Waals surface area contributed by atoms with Gasteiger partial charge in [-0.1, -0.05) is 36.4 Å². The van der Waals surface area contributed by atoms with Gasteiger partial charge in [0.1, 0.15) is 5.75 Å². The number of sulfonamides is 1. The van der Waals surface area contributed by atoms with E-state index in [-0.39, 0.29) is 37.3 Å². The molecule has 0 heterocycles. The SMILES string of the molecule is Cc1ccc(C)c(OCCC(=O)NCc2ccccc2CS(=O)(=O)NC(C)C)c1. The lowest BCUT2D eigenvalue weighted by molar-refractivity contribution is -0.121. The van der Waals surface area contributed by atoms with Crippen LogP contribution in [0.3, 0.4) is 0 Å². The minimum atomic E-state index is -3.43. The van der Waals surface area contributed by atoms with Gasteiger partial charge >= 0.3 is 0 Å². The van der Waals surface area contributed by atoms with Crippen LogP contribution in [0.2, 0.25) is 0 Å². The van der Waals surface area contributed by atoms with Crippen molar-refractivity contribution in [1.29, 1.82) is 0 Å². The maximum Gasteiger partial charge on any atom is 0.223 e. The number of rotatable bonds is 10. The fourth-order valence-electron chi connectivity index (χ4n) is 2.87. The molecular formula is C22H30N2O4S. The summed E-state index contributed by atoms with van der Waals surface area (Å²) in [5.41, 5.74) is 3.59. The summed E-state index contributed by atoms with van der Waals surface area (Å²) in [5.74, 6) is 0.520. The molecule has 29 heavy (non-hydrogen) atoms. The van der Waals surface area contributed by atoms with Crippen LogP contribution >= 0.6 is 0 Å². The van der Waals surface area contributed by atoms with E-state index in [0.29, 0.717) is 5.56 Å². The number of aryl methyl sites for hydroxylation is 2. The summed E-state index contributed by atoms with van der Waals surface area (Å²) in [5, 5.41) is 2.84. The molecule has 0 aliphatic carbocycles. The van der Waals surface area contributed by atoms with Crippen LogP contribution in [0.25, 0.3) is 0 Å². The smallest absolute Gasteiger partial charge is 0.223 e. The van der Waals surface area contributed by atoms with Crippen molar-refractivity contribution in [2.75, 3.05) is 6.61 Å². The van der Waals surface area contributed by atoms with Gasteiger partial charge in [0.05, 0.1) is 18.8 Å². The molecule has 0 bridgehead atoms. The average molecular weight is 419 g/mol. The van der Waals surface area contributed by atoms with Crippen molar-refractivity contribution in [3.05, 3.63) is 64.7 Å². The van der Waals surface area contributed by atoms with Crippen molar-refractivity contribution in [2.45, 2.75) is 52.5 Å². The Morgan fingerprint density at radius 2 is 1.76 bits per heavy atom. The van der Waals surface area contributed by atoms with E-state index < -0.39 is 10.0 Å². The first-order valence-corrected chi connectivity index (χ1v) is 11.3. The zero-order valence-corrected chi connectivity index (χ0v) is 18.3. The second-order valence-corrected chi connectivity index (χ2v) is 9.20. The number of carbonyl (C=O) groups excluding carboxylic acids is 1. The van der Waals surface area contributed by atoms with Crippen LogP contribution < -0.4 is 14.8 Å². The molecule has 0 atom stereocenters. The summed E-state index contributed by atoms with van der Waals surface area (Å²) in [6.07, 6.45) is 0.225. The van der Waals surface area contributed by atoms with Crippen molar-refractivity contribution in [1.82, 2.24) is 10.0 Å². The molecule has 2 N–H and O–H groups in total. The summed E-state index contributed by atoms with van der Waals surface area (Å²) < 4.78 is 32.7. The average Bonchev–Trinajstić information content (AvgIpc) is 2.62. The normalized spacial score (nSPS) is 11.5. The molecular weight excluding hydrogens is 388 g/mol. The standard InChI is InChI=1S/C22H30N2O4S/c1-16(2)24-29(26,27)15-20-8-6-5-7-19(20)14-23-22(25)11-12-28-21-13-17(3)9-10-18(21)4/h5-10,13,16,24H,11-12,14-15H2,1-4H3,(H,23,25). The summed E-state index contributed by atoms with van der Waals surface area (Å²) >= 11 is 0. The molecule has 0 saturated heterocycles. The lowest BCUT2D eigenvalue weighted by Crippen LogP contribution is -2.32. The quantitative estimate of drug-likeness (QED) is 0.620. The van der Waals surface area contributed by atoms with Crippen LogP contribution in [0.15, 0.2) is 42.5 Å². The molecule has 0 aliphatic heterocycles. The third kappa shape index (κ3) is 7.87. The molecule has 1 amide bonds. The molecule has 0 aliphatic rings. The molecule has 158 valence electrons. The molecule has 2 aromatic rings. The van der Waals surface area contributed by atoms with E-state index in [9.17, 15) is 13.2 Å². The minimum Gasteiger partial charge on any atom is -0.493 e. The van der Waals surface area contributed by atoms with E-state index in [0.717, 1.165) is 22.4 Å².